The van der Waals surface area contributed by atoms with Crippen LogP contribution in [0.4, 0.5) is 0 Å². The second-order valence-electron chi connectivity index (χ2n) is 3.56. The molecule has 0 spiro atoms. The molecule has 0 aliphatic carbocycles. The number of alkyl halides is 1. The molecule has 0 aliphatic heterocycles. The van der Waals surface area contributed by atoms with Crippen molar-refractivity contribution in [2.24, 2.45) is 0 Å². The van der Waals surface area contributed by atoms with Crippen LogP contribution >= 0.6 is 11.6 Å². The van der Waals surface area contributed by atoms with E-state index < -0.39 is 10.0 Å². The molecule has 0 saturated heterocycles. The first-order chi connectivity index (χ1) is 7.08. The number of hydrogen-bond donors (Lipinski definition) is 0. The normalized spacial score (nSPS) is 12.3. The second kappa shape index (κ2) is 8.36. The molecule has 0 aliphatic rings. The molecule has 0 rings (SSSR count). The summed E-state index contributed by atoms with van der Waals surface area (Å²) < 4.78 is 24.9. The molecule has 0 aromatic heterocycles. The molecular formula is C10H22ClNO2S. The number of halogens is 1. The van der Waals surface area contributed by atoms with Gasteiger partial charge in [0.2, 0.25) is 10.0 Å². The van der Waals surface area contributed by atoms with Crippen molar-refractivity contribution in [3.8, 4) is 0 Å². The van der Waals surface area contributed by atoms with Gasteiger partial charge in [0.25, 0.3) is 0 Å². The summed E-state index contributed by atoms with van der Waals surface area (Å²) >= 11 is 5.47. The molecule has 0 unspecified atom stereocenters. The summed E-state index contributed by atoms with van der Waals surface area (Å²) in [5, 5.41) is 0. The molecular weight excluding hydrogens is 234 g/mol. The van der Waals surface area contributed by atoms with Crippen molar-refractivity contribution >= 4 is 21.6 Å². The van der Waals surface area contributed by atoms with Crippen LogP contribution in [0.25, 0.3) is 0 Å². The largest absolute Gasteiger partial charge is 0.215 e. The molecule has 15 heavy (non-hydrogen) atoms. The molecule has 0 amide bonds. The summed E-state index contributed by atoms with van der Waals surface area (Å²) in [6.07, 6.45) is 4.39. The van der Waals surface area contributed by atoms with Gasteiger partial charge in [-0.15, -0.1) is 11.6 Å². The maximum atomic E-state index is 11.7. The maximum Gasteiger partial charge on any atom is 0.215 e. The summed E-state index contributed by atoms with van der Waals surface area (Å²) in [7, 11) is -3.11. The van der Waals surface area contributed by atoms with E-state index in [2.05, 4.69) is 6.92 Å². The fraction of sp³-hybridized carbons (Fsp3) is 1.00. The van der Waals surface area contributed by atoms with Crippen molar-refractivity contribution < 1.29 is 8.42 Å². The van der Waals surface area contributed by atoms with Crippen LogP contribution in [0.5, 0.6) is 0 Å². The molecule has 0 N–H and O–H groups in total. The molecule has 0 aromatic rings. The zero-order valence-electron chi connectivity index (χ0n) is 9.71. The lowest BCUT2D eigenvalue weighted by atomic mass is 10.2. The van der Waals surface area contributed by atoms with Gasteiger partial charge < -0.3 is 0 Å². The summed E-state index contributed by atoms with van der Waals surface area (Å²) in [6, 6.07) is 0. The van der Waals surface area contributed by atoms with Crippen LogP contribution in [0.3, 0.4) is 0 Å². The van der Waals surface area contributed by atoms with E-state index in [1.807, 2.05) is 6.92 Å². The minimum Gasteiger partial charge on any atom is -0.212 e. The summed E-state index contributed by atoms with van der Waals surface area (Å²) in [6.45, 7) is 5.19. The van der Waals surface area contributed by atoms with Gasteiger partial charge >= 0.3 is 0 Å². The molecule has 0 aromatic carbocycles. The third-order valence-electron chi connectivity index (χ3n) is 2.34. The topological polar surface area (TPSA) is 37.4 Å². The minimum absolute atomic E-state index is 0.0518. The molecule has 0 heterocycles. The zero-order chi connectivity index (χ0) is 11.7. The van der Waals surface area contributed by atoms with Crippen molar-refractivity contribution in [2.75, 3.05) is 24.7 Å². The number of unbranched alkanes of at least 4 members (excludes halogenated alkanes) is 3. The molecule has 0 atom stereocenters. The maximum absolute atomic E-state index is 11.7. The van der Waals surface area contributed by atoms with E-state index in [1.165, 1.54) is 17.1 Å². The van der Waals surface area contributed by atoms with Gasteiger partial charge in [-0.05, 0) is 6.42 Å². The summed E-state index contributed by atoms with van der Waals surface area (Å²) in [4.78, 5) is 0. The first-order valence-corrected chi connectivity index (χ1v) is 7.76. The quantitative estimate of drug-likeness (QED) is 0.469. The van der Waals surface area contributed by atoms with Gasteiger partial charge in [0.1, 0.15) is 0 Å². The molecule has 0 bridgehead atoms. The van der Waals surface area contributed by atoms with Gasteiger partial charge in [-0.1, -0.05) is 33.1 Å². The molecule has 92 valence electrons. The Bertz CT molecular complexity index is 242. The Morgan fingerprint density at radius 2 is 1.80 bits per heavy atom. The first-order valence-electron chi connectivity index (χ1n) is 5.62. The van der Waals surface area contributed by atoms with Gasteiger partial charge in [0, 0.05) is 19.0 Å². The lowest BCUT2D eigenvalue weighted by molar-refractivity contribution is 0.413. The Hall–Kier alpha value is 0.200. The van der Waals surface area contributed by atoms with E-state index in [1.54, 1.807) is 0 Å². The Labute approximate surface area is 98.8 Å². The van der Waals surface area contributed by atoms with E-state index in [0.29, 0.717) is 13.1 Å². The standard InChI is InChI=1S/C10H22ClNO2S/c1-3-5-6-7-9-12(4-2)15(13,14)10-8-11/h3-10H2,1-2H3. The highest BCUT2D eigenvalue weighted by Crippen LogP contribution is 2.06. The van der Waals surface area contributed by atoms with Gasteiger partial charge in [-0.25, -0.2) is 12.7 Å². The molecule has 3 nitrogen and oxygen atoms in total. The number of rotatable bonds is 9. The molecule has 0 saturated carbocycles. The van der Waals surface area contributed by atoms with Crippen molar-refractivity contribution in [3.05, 3.63) is 0 Å². The number of sulfonamides is 1. The van der Waals surface area contributed by atoms with Crippen molar-refractivity contribution in [2.45, 2.75) is 39.5 Å². The lowest BCUT2D eigenvalue weighted by Crippen LogP contribution is -2.34. The molecule has 0 radical (unpaired) electrons. The third kappa shape index (κ3) is 6.38. The van der Waals surface area contributed by atoms with Gasteiger partial charge in [0.05, 0.1) is 5.75 Å². The van der Waals surface area contributed by atoms with E-state index in [0.717, 1.165) is 12.8 Å². The van der Waals surface area contributed by atoms with Crippen molar-refractivity contribution in [3.63, 3.8) is 0 Å². The predicted molar refractivity (Wildman–Crippen MR) is 65.9 cm³/mol. The summed E-state index contributed by atoms with van der Waals surface area (Å²) in [5.74, 6) is 0.226. The second-order valence-corrected chi connectivity index (χ2v) is 6.02. The van der Waals surface area contributed by atoms with Crippen molar-refractivity contribution in [1.29, 1.82) is 0 Å². The van der Waals surface area contributed by atoms with Crippen LogP contribution in [0, 0.1) is 0 Å². The highest BCUT2D eigenvalue weighted by molar-refractivity contribution is 7.89. The average Bonchev–Trinajstić information content (AvgIpc) is 2.17. The first kappa shape index (κ1) is 15.2. The Balaban J connectivity index is 4.01. The van der Waals surface area contributed by atoms with Crippen LogP contribution < -0.4 is 0 Å². The number of nitrogens with zero attached hydrogens (tertiary/aromatic N) is 1. The number of hydrogen-bond acceptors (Lipinski definition) is 2. The monoisotopic (exact) mass is 255 g/mol. The van der Waals surface area contributed by atoms with Crippen LogP contribution in [0.15, 0.2) is 0 Å². The van der Waals surface area contributed by atoms with Crippen LogP contribution in [-0.2, 0) is 10.0 Å². The minimum atomic E-state index is -3.11. The Morgan fingerprint density at radius 3 is 2.27 bits per heavy atom. The lowest BCUT2D eigenvalue weighted by Gasteiger charge is -2.19. The highest BCUT2D eigenvalue weighted by atomic mass is 35.5. The average molecular weight is 256 g/mol. The molecule has 5 heteroatoms. The van der Waals surface area contributed by atoms with E-state index >= 15 is 0 Å². The molecule has 0 fully saturated rings. The van der Waals surface area contributed by atoms with E-state index in [4.69, 9.17) is 11.6 Å². The van der Waals surface area contributed by atoms with E-state index in [-0.39, 0.29) is 11.6 Å². The Kier molecular flexibility index (Phi) is 8.47. The van der Waals surface area contributed by atoms with Crippen molar-refractivity contribution in [1.82, 2.24) is 4.31 Å². The van der Waals surface area contributed by atoms with E-state index in [9.17, 15) is 8.42 Å². The fourth-order valence-electron chi connectivity index (χ4n) is 1.44. The van der Waals surface area contributed by atoms with Crippen LogP contribution in [0.2, 0.25) is 0 Å². The van der Waals surface area contributed by atoms with Crippen LogP contribution in [-0.4, -0.2) is 37.4 Å². The third-order valence-corrected chi connectivity index (χ3v) is 4.70. The highest BCUT2D eigenvalue weighted by Gasteiger charge is 2.18. The van der Waals surface area contributed by atoms with Gasteiger partial charge in [0.15, 0.2) is 0 Å². The SMILES string of the molecule is CCCCCCN(CC)S(=O)(=O)CCCl. The summed E-state index contributed by atoms with van der Waals surface area (Å²) in [5.41, 5.74) is 0. The smallest absolute Gasteiger partial charge is 0.212 e. The van der Waals surface area contributed by atoms with Gasteiger partial charge in [-0.3, -0.25) is 0 Å². The fourth-order valence-corrected chi connectivity index (χ4v) is 3.27. The Morgan fingerprint density at radius 1 is 1.13 bits per heavy atom. The zero-order valence-corrected chi connectivity index (χ0v) is 11.3. The predicted octanol–water partition coefficient (Wildman–Crippen LogP) is 2.46. The van der Waals surface area contributed by atoms with Gasteiger partial charge in [-0.2, -0.15) is 0 Å². The van der Waals surface area contributed by atoms with Crippen LogP contribution in [0.1, 0.15) is 39.5 Å².